The smallest absolute Gasteiger partial charge is 0.311 e. The first-order valence-electron chi connectivity index (χ1n) is 7.42. The summed E-state index contributed by atoms with van der Waals surface area (Å²) in [6.07, 6.45) is 10.8. The van der Waals surface area contributed by atoms with Crippen LogP contribution in [0, 0.1) is 5.41 Å². The topological polar surface area (TPSA) is 50.2 Å². The Labute approximate surface area is 112 Å². The zero-order valence-corrected chi connectivity index (χ0v) is 12.1. The summed E-state index contributed by atoms with van der Waals surface area (Å²) in [5.74, 6) is -0.246. The van der Waals surface area contributed by atoms with Gasteiger partial charge in [0.25, 0.3) is 0 Å². The summed E-state index contributed by atoms with van der Waals surface area (Å²) >= 11 is 0. The molecule has 0 fully saturated rings. The summed E-state index contributed by atoms with van der Waals surface area (Å²) in [5, 5.41) is 7.39. The van der Waals surface area contributed by atoms with E-state index in [0.717, 1.165) is 12.8 Å². The van der Waals surface area contributed by atoms with Gasteiger partial charge in [0.1, 0.15) is 0 Å². The molecular formula is C15H29NO2. The van der Waals surface area contributed by atoms with Crippen LogP contribution in [0.15, 0.2) is 0 Å². The summed E-state index contributed by atoms with van der Waals surface area (Å²) in [5.41, 5.74) is 0.455. The molecule has 0 saturated carbocycles. The number of carbonyl (C=O) groups is 1. The highest BCUT2D eigenvalue weighted by molar-refractivity contribution is 5.96. The second-order valence-corrected chi connectivity index (χ2v) is 4.83. The van der Waals surface area contributed by atoms with Crippen molar-refractivity contribution in [3.8, 4) is 0 Å². The van der Waals surface area contributed by atoms with E-state index in [0.29, 0.717) is 18.7 Å². The number of unbranched alkanes of at least 4 members (excludes halogenated alkanes) is 7. The van der Waals surface area contributed by atoms with Crippen LogP contribution in [0.4, 0.5) is 0 Å². The van der Waals surface area contributed by atoms with Gasteiger partial charge in [0, 0.05) is 5.71 Å². The Morgan fingerprint density at radius 1 is 0.944 bits per heavy atom. The molecule has 18 heavy (non-hydrogen) atoms. The molecule has 0 aromatic carbocycles. The van der Waals surface area contributed by atoms with Crippen molar-refractivity contribution in [1.82, 2.24) is 0 Å². The van der Waals surface area contributed by atoms with Crippen molar-refractivity contribution in [2.45, 2.75) is 78.1 Å². The Morgan fingerprint density at radius 3 is 2.06 bits per heavy atom. The van der Waals surface area contributed by atoms with Gasteiger partial charge in [0.2, 0.25) is 0 Å². The number of ether oxygens (including phenoxy) is 1. The maximum atomic E-state index is 11.3. The predicted octanol–water partition coefficient (Wildman–Crippen LogP) is 4.49. The highest BCUT2D eigenvalue weighted by Crippen LogP contribution is 2.08. The molecule has 0 amide bonds. The molecule has 0 aromatic rings. The zero-order valence-electron chi connectivity index (χ0n) is 12.1. The minimum Gasteiger partial charge on any atom is -0.465 e. The molecule has 0 aliphatic rings. The summed E-state index contributed by atoms with van der Waals surface area (Å²) < 4.78 is 5.08. The van der Waals surface area contributed by atoms with Gasteiger partial charge in [-0.3, -0.25) is 4.79 Å². The average molecular weight is 255 g/mol. The Kier molecular flexibility index (Phi) is 12.0. The summed E-state index contributed by atoms with van der Waals surface area (Å²) in [6.45, 7) is 4.63. The third kappa shape index (κ3) is 11.6. The van der Waals surface area contributed by atoms with Crippen LogP contribution in [0.3, 0.4) is 0 Å². The van der Waals surface area contributed by atoms with Crippen molar-refractivity contribution in [3.63, 3.8) is 0 Å². The van der Waals surface area contributed by atoms with Gasteiger partial charge in [-0.15, -0.1) is 0 Å². The van der Waals surface area contributed by atoms with E-state index in [2.05, 4.69) is 6.92 Å². The van der Waals surface area contributed by atoms with E-state index >= 15 is 0 Å². The van der Waals surface area contributed by atoms with Crippen LogP contribution in [0.1, 0.15) is 78.1 Å². The maximum Gasteiger partial charge on any atom is 0.311 e. The van der Waals surface area contributed by atoms with Gasteiger partial charge >= 0.3 is 5.97 Å². The van der Waals surface area contributed by atoms with E-state index in [1.54, 1.807) is 0 Å². The molecule has 0 rings (SSSR count). The van der Waals surface area contributed by atoms with Crippen LogP contribution in [0.5, 0.6) is 0 Å². The Hall–Kier alpha value is -0.860. The number of hydrogen-bond acceptors (Lipinski definition) is 3. The second kappa shape index (κ2) is 12.6. The van der Waals surface area contributed by atoms with Gasteiger partial charge in [-0.2, -0.15) is 0 Å². The van der Waals surface area contributed by atoms with Crippen LogP contribution in [-0.2, 0) is 9.53 Å². The molecule has 0 bridgehead atoms. The Bertz CT molecular complexity index is 227. The standard InChI is InChI=1S/C15H29NO2/c1-3-5-6-7-8-9-10-11-12-18-15(17)13-14(16)4-2/h16H,3-13H2,1-2H3. The van der Waals surface area contributed by atoms with Gasteiger partial charge in [-0.1, -0.05) is 58.8 Å². The first kappa shape index (κ1) is 17.1. The third-order valence-electron chi connectivity index (χ3n) is 3.05. The van der Waals surface area contributed by atoms with Crippen LogP contribution in [-0.4, -0.2) is 18.3 Å². The predicted molar refractivity (Wildman–Crippen MR) is 76.2 cm³/mol. The lowest BCUT2D eigenvalue weighted by Gasteiger charge is -2.05. The van der Waals surface area contributed by atoms with Gasteiger partial charge < -0.3 is 10.1 Å². The van der Waals surface area contributed by atoms with Gasteiger partial charge in [-0.05, 0) is 12.8 Å². The molecule has 0 aromatic heterocycles. The van der Waals surface area contributed by atoms with Crippen LogP contribution < -0.4 is 0 Å². The fourth-order valence-electron chi connectivity index (χ4n) is 1.77. The number of nitrogens with one attached hydrogen (secondary N) is 1. The maximum absolute atomic E-state index is 11.3. The van der Waals surface area contributed by atoms with Gasteiger partial charge in [-0.25, -0.2) is 0 Å². The first-order chi connectivity index (χ1) is 8.70. The molecule has 0 saturated heterocycles. The SMILES string of the molecule is CCCCCCCCCCOC(=O)CC(=N)CC. The van der Waals surface area contributed by atoms with Crippen molar-refractivity contribution in [2.75, 3.05) is 6.61 Å². The summed E-state index contributed by atoms with van der Waals surface area (Å²) in [4.78, 5) is 11.3. The van der Waals surface area contributed by atoms with E-state index in [1.807, 2.05) is 6.92 Å². The molecule has 3 heteroatoms. The molecule has 0 aliphatic carbocycles. The number of carbonyl (C=O) groups excluding carboxylic acids is 1. The lowest BCUT2D eigenvalue weighted by atomic mass is 10.1. The molecule has 0 unspecified atom stereocenters. The van der Waals surface area contributed by atoms with E-state index in [4.69, 9.17) is 10.1 Å². The third-order valence-corrected chi connectivity index (χ3v) is 3.05. The molecule has 0 atom stereocenters. The molecule has 0 aliphatic heterocycles. The van der Waals surface area contributed by atoms with E-state index in [-0.39, 0.29) is 12.4 Å². The Balaban J connectivity index is 3.20. The van der Waals surface area contributed by atoms with Crippen molar-refractivity contribution < 1.29 is 9.53 Å². The number of rotatable bonds is 12. The normalized spacial score (nSPS) is 10.3. The zero-order chi connectivity index (χ0) is 13.6. The van der Waals surface area contributed by atoms with Gasteiger partial charge in [0.05, 0.1) is 13.0 Å². The molecular weight excluding hydrogens is 226 g/mol. The monoisotopic (exact) mass is 255 g/mol. The number of hydrogen-bond donors (Lipinski definition) is 1. The molecule has 106 valence electrons. The average Bonchev–Trinajstić information content (AvgIpc) is 2.36. The van der Waals surface area contributed by atoms with E-state index < -0.39 is 0 Å². The van der Waals surface area contributed by atoms with Crippen LogP contribution in [0.25, 0.3) is 0 Å². The molecule has 0 radical (unpaired) electrons. The summed E-state index contributed by atoms with van der Waals surface area (Å²) in [6, 6.07) is 0. The highest BCUT2D eigenvalue weighted by Gasteiger charge is 2.05. The fourth-order valence-corrected chi connectivity index (χ4v) is 1.77. The molecule has 1 N–H and O–H groups in total. The Morgan fingerprint density at radius 2 is 1.50 bits per heavy atom. The van der Waals surface area contributed by atoms with Crippen molar-refractivity contribution in [3.05, 3.63) is 0 Å². The molecule has 0 heterocycles. The summed E-state index contributed by atoms with van der Waals surface area (Å²) in [7, 11) is 0. The lowest BCUT2D eigenvalue weighted by molar-refractivity contribution is -0.142. The quantitative estimate of drug-likeness (QED) is 0.317. The van der Waals surface area contributed by atoms with Crippen molar-refractivity contribution in [2.24, 2.45) is 0 Å². The van der Waals surface area contributed by atoms with Crippen LogP contribution >= 0.6 is 0 Å². The second-order valence-electron chi connectivity index (χ2n) is 4.83. The van der Waals surface area contributed by atoms with Crippen molar-refractivity contribution >= 4 is 11.7 Å². The van der Waals surface area contributed by atoms with E-state index in [9.17, 15) is 4.79 Å². The minimum atomic E-state index is -0.246. The van der Waals surface area contributed by atoms with E-state index in [1.165, 1.54) is 38.5 Å². The minimum absolute atomic E-state index is 0.160. The van der Waals surface area contributed by atoms with Crippen LogP contribution in [0.2, 0.25) is 0 Å². The highest BCUT2D eigenvalue weighted by atomic mass is 16.5. The van der Waals surface area contributed by atoms with Crippen molar-refractivity contribution in [1.29, 1.82) is 5.41 Å². The molecule has 0 spiro atoms. The lowest BCUT2D eigenvalue weighted by Crippen LogP contribution is -2.10. The molecule has 3 nitrogen and oxygen atoms in total. The first-order valence-corrected chi connectivity index (χ1v) is 7.42. The fraction of sp³-hybridized carbons (Fsp3) is 0.867. The largest absolute Gasteiger partial charge is 0.465 e. The van der Waals surface area contributed by atoms with Gasteiger partial charge in [0.15, 0.2) is 0 Å². The number of esters is 1.